The van der Waals surface area contributed by atoms with E-state index in [1.54, 1.807) is 26.0 Å². The summed E-state index contributed by atoms with van der Waals surface area (Å²) in [5.41, 5.74) is 1.58. The van der Waals surface area contributed by atoms with E-state index in [2.05, 4.69) is 10.6 Å². The molecule has 178 valence electrons. The van der Waals surface area contributed by atoms with Gasteiger partial charge in [0.15, 0.2) is 12.4 Å². The van der Waals surface area contributed by atoms with Gasteiger partial charge in [-0.3, -0.25) is 14.4 Å². The van der Waals surface area contributed by atoms with Crippen molar-refractivity contribution in [2.24, 2.45) is 5.92 Å². The van der Waals surface area contributed by atoms with Gasteiger partial charge in [-0.1, -0.05) is 39.0 Å². The molecule has 0 radical (unpaired) electrons. The Hall–Kier alpha value is -3.62. The van der Waals surface area contributed by atoms with Gasteiger partial charge in [0.05, 0.1) is 12.8 Å². The molecule has 0 fully saturated rings. The maximum absolute atomic E-state index is 12.7. The number of rotatable bonds is 11. The van der Waals surface area contributed by atoms with Gasteiger partial charge in [-0.05, 0) is 43.0 Å². The lowest BCUT2D eigenvalue weighted by atomic mass is 10.0. The SMILES string of the molecule is CCCN(CC(=O)Nc1ccccc1C)C(=O)COC(=O)C(NC(=O)c1ccco1)C(C)C. The summed E-state index contributed by atoms with van der Waals surface area (Å²) in [5, 5.41) is 5.36. The van der Waals surface area contributed by atoms with Crippen LogP contribution >= 0.6 is 0 Å². The number of furan rings is 1. The zero-order chi connectivity index (χ0) is 24.4. The van der Waals surface area contributed by atoms with Crippen LogP contribution < -0.4 is 10.6 Å². The molecule has 2 rings (SSSR count). The number of ether oxygens (including phenoxy) is 1. The molecule has 1 heterocycles. The van der Waals surface area contributed by atoms with E-state index < -0.39 is 30.4 Å². The number of aryl methyl sites for hydroxylation is 1. The van der Waals surface area contributed by atoms with Gasteiger partial charge >= 0.3 is 5.97 Å². The summed E-state index contributed by atoms with van der Waals surface area (Å²) in [6.07, 6.45) is 1.99. The van der Waals surface area contributed by atoms with Crippen molar-refractivity contribution in [1.29, 1.82) is 0 Å². The van der Waals surface area contributed by atoms with E-state index in [0.29, 0.717) is 18.7 Å². The number of esters is 1. The molecule has 0 bridgehead atoms. The number of para-hydroxylation sites is 1. The fraction of sp³-hybridized carbons (Fsp3) is 0.417. The van der Waals surface area contributed by atoms with E-state index in [4.69, 9.17) is 9.15 Å². The molecule has 1 atom stereocenters. The Balaban J connectivity index is 1.93. The van der Waals surface area contributed by atoms with E-state index in [9.17, 15) is 19.2 Å². The van der Waals surface area contributed by atoms with Crippen LogP contribution in [-0.4, -0.2) is 54.3 Å². The summed E-state index contributed by atoms with van der Waals surface area (Å²) in [6, 6.07) is 9.42. The number of anilines is 1. The summed E-state index contributed by atoms with van der Waals surface area (Å²) < 4.78 is 10.2. The number of nitrogens with one attached hydrogen (secondary N) is 2. The van der Waals surface area contributed by atoms with Crippen LogP contribution in [0.4, 0.5) is 5.69 Å². The number of benzene rings is 1. The first kappa shape index (κ1) is 25.6. The van der Waals surface area contributed by atoms with Crippen LogP contribution in [0.2, 0.25) is 0 Å². The Morgan fingerprint density at radius 1 is 1.09 bits per heavy atom. The summed E-state index contributed by atoms with van der Waals surface area (Å²) in [4.78, 5) is 51.2. The standard InChI is InChI=1S/C24H31N3O6/c1-5-12-27(14-20(28)25-18-10-7-6-9-17(18)4)21(29)15-33-24(31)22(16(2)3)26-23(30)19-11-8-13-32-19/h6-11,13,16,22H,5,12,14-15H2,1-4H3,(H,25,28)(H,26,30). The summed E-state index contributed by atoms with van der Waals surface area (Å²) in [7, 11) is 0. The van der Waals surface area contributed by atoms with Crippen LogP contribution in [0.1, 0.15) is 43.3 Å². The molecule has 9 nitrogen and oxygen atoms in total. The lowest BCUT2D eigenvalue weighted by Crippen LogP contribution is -2.47. The second-order valence-corrected chi connectivity index (χ2v) is 7.96. The molecule has 0 saturated carbocycles. The maximum atomic E-state index is 12.7. The predicted octanol–water partition coefficient (Wildman–Crippen LogP) is 2.76. The molecule has 3 amide bonds. The summed E-state index contributed by atoms with van der Waals surface area (Å²) in [6.45, 7) is 6.88. The number of hydrogen-bond acceptors (Lipinski definition) is 6. The second-order valence-electron chi connectivity index (χ2n) is 7.96. The van der Waals surface area contributed by atoms with Crippen molar-refractivity contribution in [2.75, 3.05) is 25.0 Å². The molecule has 2 aromatic rings. The van der Waals surface area contributed by atoms with Gasteiger partial charge in [0, 0.05) is 12.2 Å². The molecular weight excluding hydrogens is 426 g/mol. The largest absolute Gasteiger partial charge is 0.459 e. The van der Waals surface area contributed by atoms with E-state index in [1.807, 2.05) is 32.0 Å². The fourth-order valence-electron chi connectivity index (χ4n) is 3.07. The highest BCUT2D eigenvalue weighted by Crippen LogP contribution is 2.13. The van der Waals surface area contributed by atoms with Crippen LogP contribution in [-0.2, 0) is 19.1 Å². The van der Waals surface area contributed by atoms with Gasteiger partial charge in [-0.15, -0.1) is 0 Å². The summed E-state index contributed by atoms with van der Waals surface area (Å²) in [5.74, 6) is -2.34. The Kier molecular flexibility index (Phi) is 9.65. The topological polar surface area (TPSA) is 118 Å². The first-order chi connectivity index (χ1) is 15.7. The lowest BCUT2D eigenvalue weighted by Gasteiger charge is -2.23. The number of hydrogen-bond donors (Lipinski definition) is 2. The van der Waals surface area contributed by atoms with E-state index in [-0.39, 0.29) is 24.1 Å². The number of carbonyl (C=O) groups excluding carboxylic acids is 4. The molecule has 0 spiro atoms. The number of amides is 3. The molecule has 1 aromatic carbocycles. The van der Waals surface area contributed by atoms with Crippen molar-refractivity contribution in [3.63, 3.8) is 0 Å². The molecule has 0 aliphatic rings. The third-order valence-electron chi connectivity index (χ3n) is 4.89. The van der Waals surface area contributed by atoms with Crippen molar-refractivity contribution in [3.8, 4) is 0 Å². The molecule has 9 heteroatoms. The van der Waals surface area contributed by atoms with E-state index in [0.717, 1.165) is 5.56 Å². The average Bonchev–Trinajstić information content (AvgIpc) is 3.31. The lowest BCUT2D eigenvalue weighted by molar-refractivity contribution is -0.154. The van der Waals surface area contributed by atoms with Gasteiger partial charge < -0.3 is 24.7 Å². The highest BCUT2D eigenvalue weighted by Gasteiger charge is 2.28. The highest BCUT2D eigenvalue weighted by molar-refractivity contribution is 5.96. The third kappa shape index (κ3) is 7.78. The van der Waals surface area contributed by atoms with Crippen molar-refractivity contribution in [1.82, 2.24) is 10.2 Å². The van der Waals surface area contributed by atoms with Crippen molar-refractivity contribution in [3.05, 3.63) is 54.0 Å². The number of nitrogens with zero attached hydrogens (tertiary/aromatic N) is 1. The van der Waals surface area contributed by atoms with Crippen molar-refractivity contribution in [2.45, 2.75) is 40.2 Å². The van der Waals surface area contributed by atoms with Crippen LogP contribution in [0.25, 0.3) is 0 Å². The number of carbonyl (C=O) groups is 4. The normalized spacial score (nSPS) is 11.5. The highest BCUT2D eigenvalue weighted by atomic mass is 16.5. The van der Waals surface area contributed by atoms with E-state index in [1.165, 1.54) is 17.2 Å². The quantitative estimate of drug-likeness (QED) is 0.501. The Bertz CT molecular complexity index is 955. The monoisotopic (exact) mass is 457 g/mol. The third-order valence-corrected chi connectivity index (χ3v) is 4.89. The van der Waals surface area contributed by atoms with Crippen molar-refractivity contribution >= 4 is 29.4 Å². The minimum Gasteiger partial charge on any atom is -0.459 e. The second kappa shape index (κ2) is 12.4. The molecule has 1 unspecified atom stereocenters. The smallest absolute Gasteiger partial charge is 0.329 e. The van der Waals surface area contributed by atoms with Gasteiger partial charge in [0.2, 0.25) is 5.91 Å². The molecular formula is C24H31N3O6. The van der Waals surface area contributed by atoms with Crippen molar-refractivity contribution < 1.29 is 28.3 Å². The fourth-order valence-corrected chi connectivity index (χ4v) is 3.07. The molecule has 0 saturated heterocycles. The minimum absolute atomic E-state index is 0.0679. The van der Waals surface area contributed by atoms with Gasteiger partial charge in [-0.2, -0.15) is 0 Å². The first-order valence-corrected chi connectivity index (χ1v) is 10.9. The van der Waals surface area contributed by atoms with Gasteiger partial charge in [0.25, 0.3) is 11.8 Å². The van der Waals surface area contributed by atoms with Crippen LogP contribution in [0, 0.1) is 12.8 Å². The summed E-state index contributed by atoms with van der Waals surface area (Å²) >= 11 is 0. The van der Waals surface area contributed by atoms with Crippen LogP contribution in [0.5, 0.6) is 0 Å². The first-order valence-electron chi connectivity index (χ1n) is 10.9. The Morgan fingerprint density at radius 2 is 1.82 bits per heavy atom. The van der Waals surface area contributed by atoms with Crippen LogP contribution in [0.15, 0.2) is 47.1 Å². The maximum Gasteiger partial charge on any atom is 0.329 e. The van der Waals surface area contributed by atoms with Gasteiger partial charge in [0.1, 0.15) is 6.04 Å². The molecule has 0 aliphatic heterocycles. The zero-order valence-corrected chi connectivity index (χ0v) is 19.4. The predicted molar refractivity (Wildman–Crippen MR) is 122 cm³/mol. The Morgan fingerprint density at radius 3 is 2.42 bits per heavy atom. The molecule has 1 aromatic heterocycles. The van der Waals surface area contributed by atoms with Crippen LogP contribution in [0.3, 0.4) is 0 Å². The molecule has 2 N–H and O–H groups in total. The average molecular weight is 458 g/mol. The van der Waals surface area contributed by atoms with E-state index >= 15 is 0 Å². The van der Waals surface area contributed by atoms with Gasteiger partial charge in [-0.25, -0.2) is 4.79 Å². The Labute approximate surface area is 193 Å². The zero-order valence-electron chi connectivity index (χ0n) is 19.4. The molecule has 0 aliphatic carbocycles. The molecule has 33 heavy (non-hydrogen) atoms. The minimum atomic E-state index is -0.959.